The largest absolute Gasteiger partial charge is 0.302 e. The molecule has 1 aromatic carbocycles. The molecule has 0 bridgehead atoms. The molecule has 2 aromatic rings. The molecule has 0 fully saturated rings. The summed E-state index contributed by atoms with van der Waals surface area (Å²) in [5.41, 5.74) is 4.65. The minimum absolute atomic E-state index is 0.552. The van der Waals surface area contributed by atoms with Gasteiger partial charge in [0.1, 0.15) is 0 Å². The van der Waals surface area contributed by atoms with Crippen LogP contribution in [0.25, 0.3) is 0 Å². The first-order chi connectivity index (χ1) is 10.6. The fourth-order valence-electron chi connectivity index (χ4n) is 2.39. The van der Waals surface area contributed by atoms with Crippen molar-refractivity contribution in [1.82, 2.24) is 9.88 Å². The predicted molar refractivity (Wildman–Crippen MR) is 99.0 cm³/mol. The molecular formula is C18H26N2S2. The Kier molecular flexibility index (Phi) is 6.93. The summed E-state index contributed by atoms with van der Waals surface area (Å²) in [5, 5.41) is 0.552. The van der Waals surface area contributed by atoms with Gasteiger partial charge in [-0.05, 0) is 37.7 Å². The van der Waals surface area contributed by atoms with Crippen LogP contribution < -0.4 is 0 Å². The van der Waals surface area contributed by atoms with E-state index in [1.54, 1.807) is 11.3 Å². The summed E-state index contributed by atoms with van der Waals surface area (Å²) in [7, 11) is 2.16. The molecule has 0 amide bonds. The van der Waals surface area contributed by atoms with Crippen molar-refractivity contribution in [3.8, 4) is 0 Å². The summed E-state index contributed by atoms with van der Waals surface area (Å²) < 4.78 is 0. The molecule has 0 saturated heterocycles. The third kappa shape index (κ3) is 5.11. The number of thiazole rings is 1. The fourth-order valence-corrected chi connectivity index (χ4v) is 4.14. The van der Waals surface area contributed by atoms with Crippen molar-refractivity contribution < 1.29 is 0 Å². The summed E-state index contributed by atoms with van der Waals surface area (Å²) in [6.07, 6.45) is 2.15. The molecule has 22 heavy (non-hydrogen) atoms. The van der Waals surface area contributed by atoms with Crippen molar-refractivity contribution in [3.63, 3.8) is 0 Å². The molecule has 2 rings (SSSR count). The first kappa shape index (κ1) is 17.5. The van der Waals surface area contributed by atoms with Crippen LogP contribution in [0.1, 0.15) is 36.9 Å². The standard InChI is InChI=1S/C18H26N2S2/c1-5-18-17(19-13-21-18)11-14(3)22-16-9-7-15(8-10-16)12-20(4)6-2/h7-10,13-14H,5-6,11-12H2,1-4H3. The summed E-state index contributed by atoms with van der Waals surface area (Å²) in [6, 6.07) is 9.01. The highest BCUT2D eigenvalue weighted by atomic mass is 32.2. The van der Waals surface area contributed by atoms with E-state index in [2.05, 4.69) is 62.0 Å². The molecule has 1 atom stereocenters. The fraction of sp³-hybridized carbons (Fsp3) is 0.500. The van der Waals surface area contributed by atoms with Crippen molar-refractivity contribution in [2.45, 2.75) is 50.3 Å². The maximum Gasteiger partial charge on any atom is 0.0797 e. The van der Waals surface area contributed by atoms with E-state index in [0.29, 0.717) is 5.25 Å². The lowest BCUT2D eigenvalue weighted by molar-refractivity contribution is 0.345. The molecule has 0 aliphatic heterocycles. The van der Waals surface area contributed by atoms with E-state index in [-0.39, 0.29) is 0 Å². The van der Waals surface area contributed by atoms with E-state index in [0.717, 1.165) is 25.9 Å². The number of hydrogen-bond donors (Lipinski definition) is 0. The van der Waals surface area contributed by atoms with Crippen molar-refractivity contribution in [2.75, 3.05) is 13.6 Å². The topological polar surface area (TPSA) is 16.1 Å². The predicted octanol–water partition coefficient (Wildman–Crippen LogP) is 4.88. The van der Waals surface area contributed by atoms with Gasteiger partial charge in [-0.1, -0.05) is 32.9 Å². The Bertz CT molecular complexity index is 563. The highest BCUT2D eigenvalue weighted by Gasteiger charge is 2.11. The van der Waals surface area contributed by atoms with Crippen LogP contribution in [0.2, 0.25) is 0 Å². The van der Waals surface area contributed by atoms with Crippen LogP contribution in [0.4, 0.5) is 0 Å². The second kappa shape index (κ2) is 8.70. The molecule has 0 saturated carbocycles. The van der Waals surface area contributed by atoms with Crippen molar-refractivity contribution in [3.05, 3.63) is 45.9 Å². The Hall–Kier alpha value is -0.840. The van der Waals surface area contributed by atoms with E-state index in [1.807, 2.05) is 17.3 Å². The van der Waals surface area contributed by atoms with Gasteiger partial charge in [-0.3, -0.25) is 0 Å². The Morgan fingerprint density at radius 1 is 1.23 bits per heavy atom. The van der Waals surface area contributed by atoms with Crippen LogP contribution >= 0.6 is 23.1 Å². The van der Waals surface area contributed by atoms with Gasteiger partial charge in [0.2, 0.25) is 0 Å². The number of aryl methyl sites for hydroxylation is 1. The van der Waals surface area contributed by atoms with Crippen LogP contribution in [-0.2, 0) is 19.4 Å². The van der Waals surface area contributed by atoms with Gasteiger partial charge in [-0.15, -0.1) is 23.1 Å². The van der Waals surface area contributed by atoms with E-state index >= 15 is 0 Å². The van der Waals surface area contributed by atoms with E-state index < -0.39 is 0 Å². The first-order valence-corrected chi connectivity index (χ1v) is 9.73. The zero-order chi connectivity index (χ0) is 15.9. The van der Waals surface area contributed by atoms with Crippen LogP contribution in [-0.4, -0.2) is 28.7 Å². The molecule has 2 nitrogen and oxygen atoms in total. The average molecular weight is 335 g/mol. The monoisotopic (exact) mass is 334 g/mol. The summed E-state index contributed by atoms with van der Waals surface area (Å²) in [5.74, 6) is 0. The average Bonchev–Trinajstić information content (AvgIpc) is 2.96. The van der Waals surface area contributed by atoms with Gasteiger partial charge in [-0.2, -0.15) is 0 Å². The number of hydrogen-bond acceptors (Lipinski definition) is 4. The lowest BCUT2D eigenvalue weighted by Gasteiger charge is -2.15. The van der Waals surface area contributed by atoms with Crippen molar-refractivity contribution >= 4 is 23.1 Å². The smallest absolute Gasteiger partial charge is 0.0797 e. The molecule has 0 aliphatic carbocycles. The summed E-state index contributed by atoms with van der Waals surface area (Å²) >= 11 is 3.73. The minimum atomic E-state index is 0.552. The second-order valence-electron chi connectivity index (χ2n) is 5.68. The Morgan fingerprint density at radius 2 is 1.95 bits per heavy atom. The molecular weight excluding hydrogens is 308 g/mol. The number of benzene rings is 1. The molecule has 0 spiro atoms. The van der Waals surface area contributed by atoms with Crippen molar-refractivity contribution in [2.24, 2.45) is 0 Å². The molecule has 0 N–H and O–H groups in total. The number of thioether (sulfide) groups is 1. The first-order valence-electron chi connectivity index (χ1n) is 7.97. The molecule has 1 heterocycles. The second-order valence-corrected chi connectivity index (χ2v) is 8.13. The third-order valence-corrected chi connectivity index (χ3v) is 5.91. The van der Waals surface area contributed by atoms with Crippen LogP contribution in [0.15, 0.2) is 34.7 Å². The lowest BCUT2D eigenvalue weighted by atomic mass is 10.2. The summed E-state index contributed by atoms with van der Waals surface area (Å²) in [6.45, 7) is 8.80. The Balaban J connectivity index is 1.90. The van der Waals surface area contributed by atoms with Gasteiger partial charge in [0.05, 0.1) is 11.2 Å². The third-order valence-electron chi connectivity index (χ3n) is 3.78. The highest BCUT2D eigenvalue weighted by Crippen LogP contribution is 2.27. The minimum Gasteiger partial charge on any atom is -0.302 e. The number of aromatic nitrogens is 1. The Morgan fingerprint density at radius 3 is 2.59 bits per heavy atom. The zero-order valence-electron chi connectivity index (χ0n) is 14.0. The van der Waals surface area contributed by atoms with E-state index in [4.69, 9.17) is 0 Å². The normalized spacial score (nSPS) is 12.8. The molecule has 0 radical (unpaired) electrons. The summed E-state index contributed by atoms with van der Waals surface area (Å²) in [4.78, 5) is 9.63. The van der Waals surface area contributed by atoms with Crippen LogP contribution in [0.5, 0.6) is 0 Å². The van der Waals surface area contributed by atoms with E-state index in [9.17, 15) is 0 Å². The van der Waals surface area contributed by atoms with Gasteiger partial charge in [-0.25, -0.2) is 4.98 Å². The molecule has 4 heteroatoms. The van der Waals surface area contributed by atoms with Crippen LogP contribution in [0, 0.1) is 0 Å². The zero-order valence-corrected chi connectivity index (χ0v) is 15.6. The Labute approximate surface area is 143 Å². The SMILES string of the molecule is CCc1scnc1CC(C)Sc1ccc(CN(C)CC)cc1. The van der Waals surface area contributed by atoms with Crippen LogP contribution in [0.3, 0.4) is 0 Å². The highest BCUT2D eigenvalue weighted by molar-refractivity contribution is 7.99. The molecule has 120 valence electrons. The maximum atomic E-state index is 4.52. The molecule has 1 unspecified atom stereocenters. The van der Waals surface area contributed by atoms with Gasteiger partial charge < -0.3 is 4.90 Å². The van der Waals surface area contributed by atoms with E-state index in [1.165, 1.54) is 21.0 Å². The van der Waals surface area contributed by atoms with Gasteiger partial charge >= 0.3 is 0 Å². The van der Waals surface area contributed by atoms with Crippen molar-refractivity contribution in [1.29, 1.82) is 0 Å². The number of nitrogens with zero attached hydrogens (tertiary/aromatic N) is 2. The molecule has 1 aromatic heterocycles. The lowest BCUT2D eigenvalue weighted by Crippen LogP contribution is -2.16. The molecule has 0 aliphatic rings. The quantitative estimate of drug-likeness (QED) is 0.640. The van der Waals surface area contributed by atoms with Gasteiger partial charge in [0.15, 0.2) is 0 Å². The number of rotatable bonds is 8. The van der Waals surface area contributed by atoms with Gasteiger partial charge in [0.25, 0.3) is 0 Å². The van der Waals surface area contributed by atoms with Gasteiger partial charge in [0, 0.05) is 28.0 Å². The maximum absolute atomic E-state index is 4.52.